The number of imidazole rings is 1. The third-order valence-electron chi connectivity index (χ3n) is 5.29. The second-order valence-electron chi connectivity index (χ2n) is 7.29. The van der Waals surface area contributed by atoms with Crippen molar-refractivity contribution in [2.75, 3.05) is 5.32 Å². The van der Waals surface area contributed by atoms with Crippen LogP contribution in [0.5, 0.6) is 0 Å². The van der Waals surface area contributed by atoms with E-state index in [1.54, 1.807) is 0 Å². The molecule has 4 heteroatoms. The summed E-state index contributed by atoms with van der Waals surface area (Å²) in [5, 5.41) is 3.01. The molecule has 1 aliphatic carbocycles. The Bertz CT molecular complexity index is 905. The van der Waals surface area contributed by atoms with Gasteiger partial charge >= 0.3 is 0 Å². The van der Waals surface area contributed by atoms with Gasteiger partial charge in [0.25, 0.3) is 0 Å². The van der Waals surface area contributed by atoms with Gasteiger partial charge in [0.2, 0.25) is 5.91 Å². The molecule has 2 aromatic carbocycles. The van der Waals surface area contributed by atoms with E-state index in [9.17, 15) is 4.79 Å². The van der Waals surface area contributed by atoms with Crippen LogP contribution in [-0.4, -0.2) is 15.5 Å². The molecule has 1 amide bonds. The third kappa shape index (κ3) is 3.50. The number of nitrogens with one attached hydrogen (secondary N) is 1. The molecule has 1 fully saturated rings. The lowest BCUT2D eigenvalue weighted by molar-refractivity contribution is -0.116. The molecule has 4 rings (SSSR count). The molecule has 4 nitrogen and oxygen atoms in total. The predicted octanol–water partition coefficient (Wildman–Crippen LogP) is 5.03. The maximum absolute atomic E-state index is 12.7. The van der Waals surface area contributed by atoms with Crippen molar-refractivity contribution in [1.82, 2.24) is 9.55 Å². The molecule has 1 heterocycles. The van der Waals surface area contributed by atoms with Crippen LogP contribution in [0.4, 0.5) is 5.69 Å². The Hall–Kier alpha value is -2.62. The summed E-state index contributed by atoms with van der Waals surface area (Å²) in [4.78, 5) is 17.6. The second-order valence-corrected chi connectivity index (χ2v) is 7.29. The Balaban J connectivity index is 1.61. The largest absolute Gasteiger partial charge is 0.325 e. The van der Waals surface area contributed by atoms with Crippen molar-refractivity contribution in [1.29, 1.82) is 0 Å². The lowest BCUT2D eigenvalue weighted by Gasteiger charge is -2.22. The zero-order chi connectivity index (χ0) is 17.9. The van der Waals surface area contributed by atoms with E-state index in [1.807, 2.05) is 49.4 Å². The van der Waals surface area contributed by atoms with Crippen LogP contribution in [0.3, 0.4) is 0 Å². The Kier molecular flexibility index (Phi) is 4.74. The van der Waals surface area contributed by atoms with Crippen LogP contribution < -0.4 is 5.32 Å². The molecule has 0 aliphatic heterocycles. The topological polar surface area (TPSA) is 46.9 Å². The lowest BCUT2D eigenvalue weighted by atomic mass is 9.88. The molecule has 0 saturated heterocycles. The van der Waals surface area contributed by atoms with Crippen molar-refractivity contribution in [3.8, 4) is 0 Å². The molecular weight excluding hydrogens is 322 g/mol. The first kappa shape index (κ1) is 16.8. The number of aromatic nitrogens is 2. The number of amides is 1. The molecule has 1 saturated carbocycles. The number of rotatable bonds is 4. The van der Waals surface area contributed by atoms with Crippen molar-refractivity contribution in [2.45, 2.75) is 51.5 Å². The molecule has 134 valence electrons. The average molecular weight is 347 g/mol. The van der Waals surface area contributed by atoms with Gasteiger partial charge in [0, 0.05) is 11.6 Å². The molecule has 1 aliphatic rings. The molecule has 0 spiro atoms. The summed E-state index contributed by atoms with van der Waals surface area (Å²) in [6.07, 6.45) is 6.16. The quantitative estimate of drug-likeness (QED) is 0.719. The summed E-state index contributed by atoms with van der Waals surface area (Å²) in [6.45, 7) is 2.35. The first-order chi connectivity index (χ1) is 12.7. The number of hydrogen-bond donors (Lipinski definition) is 1. The molecule has 0 atom stereocenters. The van der Waals surface area contributed by atoms with Crippen LogP contribution in [0.1, 0.15) is 49.4 Å². The van der Waals surface area contributed by atoms with Gasteiger partial charge in [-0.25, -0.2) is 4.98 Å². The van der Waals surface area contributed by atoms with Crippen molar-refractivity contribution < 1.29 is 4.79 Å². The van der Waals surface area contributed by atoms with E-state index in [0.717, 1.165) is 22.5 Å². The van der Waals surface area contributed by atoms with Gasteiger partial charge in [-0.2, -0.15) is 0 Å². The SMILES string of the molecule is Cc1ccc(NC(=O)Cn2c(C3CCCCC3)nc3ccccc32)cc1. The van der Waals surface area contributed by atoms with Crippen LogP contribution in [0.25, 0.3) is 11.0 Å². The molecule has 1 aromatic heterocycles. The fraction of sp³-hybridized carbons (Fsp3) is 0.364. The highest BCUT2D eigenvalue weighted by Gasteiger charge is 2.23. The summed E-state index contributed by atoms with van der Waals surface area (Å²) in [6, 6.07) is 16.0. The van der Waals surface area contributed by atoms with Crippen molar-refractivity contribution in [2.24, 2.45) is 0 Å². The minimum absolute atomic E-state index is 0.00549. The van der Waals surface area contributed by atoms with E-state index in [0.29, 0.717) is 12.5 Å². The minimum Gasteiger partial charge on any atom is -0.325 e. The van der Waals surface area contributed by atoms with Gasteiger partial charge in [0.05, 0.1) is 11.0 Å². The zero-order valence-corrected chi connectivity index (χ0v) is 15.2. The van der Waals surface area contributed by atoms with Crippen LogP contribution in [0.2, 0.25) is 0 Å². The Morgan fingerprint density at radius 1 is 1.08 bits per heavy atom. The van der Waals surface area contributed by atoms with Gasteiger partial charge in [0.1, 0.15) is 12.4 Å². The number of nitrogens with zero attached hydrogens (tertiary/aromatic N) is 2. The number of hydrogen-bond acceptors (Lipinski definition) is 2. The van der Waals surface area contributed by atoms with Crippen LogP contribution in [-0.2, 0) is 11.3 Å². The molecule has 1 N–H and O–H groups in total. The third-order valence-corrected chi connectivity index (χ3v) is 5.29. The maximum atomic E-state index is 12.7. The van der Waals surface area contributed by atoms with E-state index in [2.05, 4.69) is 16.0 Å². The summed E-state index contributed by atoms with van der Waals surface area (Å²) in [5.74, 6) is 1.53. The van der Waals surface area contributed by atoms with Gasteiger partial charge in [-0.3, -0.25) is 4.79 Å². The normalized spacial score (nSPS) is 15.3. The van der Waals surface area contributed by atoms with Gasteiger partial charge in [-0.1, -0.05) is 49.1 Å². The number of fused-ring (bicyclic) bond motifs is 1. The highest BCUT2D eigenvalue weighted by molar-refractivity contribution is 5.91. The number of anilines is 1. The Labute approximate surface area is 154 Å². The second kappa shape index (κ2) is 7.32. The van der Waals surface area contributed by atoms with E-state index >= 15 is 0 Å². The molecular formula is C22H25N3O. The molecule has 0 bridgehead atoms. The average Bonchev–Trinajstić information content (AvgIpc) is 3.03. The summed E-state index contributed by atoms with van der Waals surface area (Å²) in [7, 11) is 0. The van der Waals surface area contributed by atoms with Crippen molar-refractivity contribution in [3.05, 3.63) is 59.9 Å². The first-order valence-electron chi connectivity index (χ1n) is 9.52. The minimum atomic E-state index is -0.00549. The number of carbonyl (C=O) groups excluding carboxylic acids is 1. The van der Waals surface area contributed by atoms with E-state index in [4.69, 9.17) is 4.98 Å². The Morgan fingerprint density at radius 2 is 1.81 bits per heavy atom. The molecule has 0 radical (unpaired) electrons. The molecule has 3 aromatic rings. The van der Waals surface area contributed by atoms with Gasteiger partial charge in [-0.05, 0) is 44.0 Å². The van der Waals surface area contributed by atoms with Crippen LogP contribution in [0.15, 0.2) is 48.5 Å². The Morgan fingerprint density at radius 3 is 2.58 bits per heavy atom. The van der Waals surface area contributed by atoms with Crippen LogP contribution >= 0.6 is 0 Å². The highest BCUT2D eigenvalue weighted by atomic mass is 16.1. The van der Waals surface area contributed by atoms with Crippen molar-refractivity contribution in [3.63, 3.8) is 0 Å². The fourth-order valence-electron chi connectivity index (χ4n) is 3.91. The smallest absolute Gasteiger partial charge is 0.244 e. The molecule has 26 heavy (non-hydrogen) atoms. The maximum Gasteiger partial charge on any atom is 0.244 e. The van der Waals surface area contributed by atoms with Gasteiger partial charge < -0.3 is 9.88 Å². The number of para-hydroxylation sites is 2. The molecule has 0 unspecified atom stereocenters. The number of carbonyl (C=O) groups is 1. The zero-order valence-electron chi connectivity index (χ0n) is 15.2. The monoisotopic (exact) mass is 347 g/mol. The lowest BCUT2D eigenvalue weighted by Crippen LogP contribution is -2.21. The fourth-order valence-corrected chi connectivity index (χ4v) is 3.91. The highest BCUT2D eigenvalue weighted by Crippen LogP contribution is 2.33. The van der Waals surface area contributed by atoms with Crippen molar-refractivity contribution >= 4 is 22.6 Å². The number of benzene rings is 2. The van der Waals surface area contributed by atoms with Gasteiger partial charge in [0.15, 0.2) is 0 Å². The summed E-state index contributed by atoms with van der Waals surface area (Å²) < 4.78 is 2.12. The van der Waals surface area contributed by atoms with E-state index in [-0.39, 0.29) is 5.91 Å². The van der Waals surface area contributed by atoms with Gasteiger partial charge in [-0.15, -0.1) is 0 Å². The number of aryl methyl sites for hydroxylation is 1. The van der Waals surface area contributed by atoms with E-state index < -0.39 is 0 Å². The first-order valence-corrected chi connectivity index (χ1v) is 9.52. The van der Waals surface area contributed by atoms with E-state index in [1.165, 1.54) is 37.7 Å². The standard InChI is InChI=1S/C22H25N3O/c1-16-11-13-18(14-12-16)23-21(26)15-25-20-10-6-5-9-19(20)24-22(25)17-7-3-2-4-8-17/h5-6,9-14,17H,2-4,7-8,15H2,1H3,(H,23,26). The van der Waals surface area contributed by atoms with Crippen LogP contribution in [0, 0.1) is 6.92 Å². The predicted molar refractivity (Wildman–Crippen MR) is 105 cm³/mol. The summed E-state index contributed by atoms with van der Waals surface area (Å²) in [5.41, 5.74) is 4.05. The summed E-state index contributed by atoms with van der Waals surface area (Å²) >= 11 is 0.